The fourth-order valence-electron chi connectivity index (χ4n) is 2.12. The summed E-state index contributed by atoms with van der Waals surface area (Å²) in [7, 11) is 0. The standard InChI is InChI=1S/C17H18ClNO/c1-12-6-8-16(13(2)10-12)19-17(20)9-7-14-4-3-5-15(18)11-14/h3-6,8,10-11H,7,9H2,1-2H3,(H,19,20). The molecule has 0 atom stereocenters. The Bertz CT molecular complexity index is 622. The van der Waals surface area contributed by atoms with Crippen molar-refractivity contribution in [2.75, 3.05) is 5.32 Å². The Hall–Kier alpha value is -1.80. The zero-order valence-corrected chi connectivity index (χ0v) is 12.5. The second-order valence-electron chi connectivity index (χ2n) is 5.00. The lowest BCUT2D eigenvalue weighted by molar-refractivity contribution is -0.116. The van der Waals surface area contributed by atoms with Crippen molar-refractivity contribution in [1.29, 1.82) is 0 Å². The molecule has 0 radical (unpaired) electrons. The van der Waals surface area contributed by atoms with Crippen LogP contribution in [-0.2, 0) is 11.2 Å². The minimum Gasteiger partial charge on any atom is -0.326 e. The largest absolute Gasteiger partial charge is 0.326 e. The number of carbonyl (C=O) groups excluding carboxylic acids is 1. The summed E-state index contributed by atoms with van der Waals surface area (Å²) < 4.78 is 0. The molecule has 3 heteroatoms. The van der Waals surface area contributed by atoms with Gasteiger partial charge in [-0.3, -0.25) is 4.79 Å². The smallest absolute Gasteiger partial charge is 0.224 e. The van der Waals surface area contributed by atoms with Crippen LogP contribution in [0.3, 0.4) is 0 Å². The molecule has 2 nitrogen and oxygen atoms in total. The second kappa shape index (κ2) is 6.58. The summed E-state index contributed by atoms with van der Waals surface area (Å²) in [6, 6.07) is 13.6. The fourth-order valence-corrected chi connectivity index (χ4v) is 2.33. The van der Waals surface area contributed by atoms with E-state index >= 15 is 0 Å². The van der Waals surface area contributed by atoms with Crippen molar-refractivity contribution in [3.8, 4) is 0 Å². The third-order valence-electron chi connectivity index (χ3n) is 3.19. The number of nitrogens with one attached hydrogen (secondary N) is 1. The topological polar surface area (TPSA) is 29.1 Å². The van der Waals surface area contributed by atoms with Crippen molar-refractivity contribution in [1.82, 2.24) is 0 Å². The van der Waals surface area contributed by atoms with Crippen molar-refractivity contribution in [3.63, 3.8) is 0 Å². The average Bonchev–Trinajstić information content (AvgIpc) is 2.40. The van der Waals surface area contributed by atoms with Gasteiger partial charge in [0.25, 0.3) is 0 Å². The van der Waals surface area contributed by atoms with Crippen molar-refractivity contribution in [3.05, 3.63) is 64.2 Å². The average molecular weight is 288 g/mol. The summed E-state index contributed by atoms with van der Waals surface area (Å²) in [6.45, 7) is 4.04. The van der Waals surface area contributed by atoms with E-state index in [0.717, 1.165) is 16.8 Å². The van der Waals surface area contributed by atoms with E-state index in [9.17, 15) is 4.79 Å². The van der Waals surface area contributed by atoms with Crippen LogP contribution in [0.1, 0.15) is 23.1 Å². The number of benzene rings is 2. The number of carbonyl (C=O) groups is 1. The van der Waals surface area contributed by atoms with E-state index in [0.29, 0.717) is 17.9 Å². The van der Waals surface area contributed by atoms with Crippen LogP contribution in [0.15, 0.2) is 42.5 Å². The molecule has 0 saturated carbocycles. The number of halogens is 1. The molecular formula is C17H18ClNO. The minimum atomic E-state index is 0.0249. The first-order valence-corrected chi connectivity index (χ1v) is 7.04. The van der Waals surface area contributed by atoms with E-state index < -0.39 is 0 Å². The summed E-state index contributed by atoms with van der Waals surface area (Å²) in [4.78, 5) is 12.0. The van der Waals surface area contributed by atoms with Gasteiger partial charge in [-0.25, -0.2) is 0 Å². The molecule has 0 bridgehead atoms. The van der Waals surface area contributed by atoms with E-state index in [1.54, 1.807) is 0 Å². The number of aryl methyl sites for hydroxylation is 3. The number of amides is 1. The highest BCUT2D eigenvalue weighted by Gasteiger charge is 2.05. The third kappa shape index (κ3) is 4.10. The van der Waals surface area contributed by atoms with Crippen molar-refractivity contribution >= 4 is 23.2 Å². The van der Waals surface area contributed by atoms with E-state index in [-0.39, 0.29) is 5.91 Å². The molecule has 1 amide bonds. The summed E-state index contributed by atoms with van der Waals surface area (Å²) >= 11 is 5.92. The molecule has 1 N–H and O–H groups in total. The second-order valence-corrected chi connectivity index (χ2v) is 5.43. The number of anilines is 1. The van der Waals surface area contributed by atoms with Gasteiger partial charge in [0.1, 0.15) is 0 Å². The maximum absolute atomic E-state index is 12.0. The number of hydrogen-bond acceptors (Lipinski definition) is 1. The van der Waals surface area contributed by atoms with Gasteiger partial charge in [0.15, 0.2) is 0 Å². The highest BCUT2D eigenvalue weighted by atomic mass is 35.5. The Kier molecular flexibility index (Phi) is 4.80. The molecule has 2 aromatic rings. The molecule has 0 heterocycles. The predicted molar refractivity (Wildman–Crippen MR) is 84.3 cm³/mol. The Morgan fingerprint density at radius 1 is 1.15 bits per heavy atom. The van der Waals surface area contributed by atoms with Gasteiger partial charge in [0.2, 0.25) is 5.91 Å². The Morgan fingerprint density at radius 3 is 2.65 bits per heavy atom. The normalized spacial score (nSPS) is 10.3. The predicted octanol–water partition coefficient (Wildman–Crippen LogP) is 4.53. The lowest BCUT2D eigenvalue weighted by Gasteiger charge is -2.09. The van der Waals surface area contributed by atoms with Gasteiger partial charge in [-0.05, 0) is 49.6 Å². The van der Waals surface area contributed by atoms with Crippen LogP contribution >= 0.6 is 11.6 Å². The van der Waals surface area contributed by atoms with Gasteiger partial charge < -0.3 is 5.32 Å². The zero-order chi connectivity index (χ0) is 14.5. The molecule has 0 unspecified atom stereocenters. The SMILES string of the molecule is Cc1ccc(NC(=O)CCc2cccc(Cl)c2)c(C)c1. The fraction of sp³-hybridized carbons (Fsp3) is 0.235. The summed E-state index contributed by atoms with van der Waals surface area (Å²) in [6.07, 6.45) is 1.14. The van der Waals surface area contributed by atoms with Crippen LogP contribution in [0.5, 0.6) is 0 Å². The van der Waals surface area contributed by atoms with Crippen molar-refractivity contribution in [2.24, 2.45) is 0 Å². The summed E-state index contributed by atoms with van der Waals surface area (Å²) in [5, 5.41) is 3.66. The Labute approximate surface area is 124 Å². The molecule has 0 spiro atoms. The molecule has 0 saturated heterocycles. The van der Waals surface area contributed by atoms with Gasteiger partial charge in [0, 0.05) is 17.1 Å². The van der Waals surface area contributed by atoms with E-state index in [1.807, 2.05) is 50.2 Å². The lowest BCUT2D eigenvalue weighted by Crippen LogP contribution is -2.13. The number of hydrogen-bond donors (Lipinski definition) is 1. The Balaban J connectivity index is 1.92. The number of rotatable bonds is 4. The van der Waals surface area contributed by atoms with Crippen molar-refractivity contribution in [2.45, 2.75) is 26.7 Å². The molecule has 2 aromatic carbocycles. The lowest BCUT2D eigenvalue weighted by atomic mass is 10.1. The van der Waals surface area contributed by atoms with Gasteiger partial charge in [-0.15, -0.1) is 0 Å². The van der Waals surface area contributed by atoms with E-state index in [4.69, 9.17) is 11.6 Å². The summed E-state index contributed by atoms with van der Waals surface area (Å²) in [5.41, 5.74) is 4.24. The molecule has 2 rings (SSSR count). The van der Waals surface area contributed by atoms with Gasteiger partial charge in [-0.1, -0.05) is 41.4 Å². The quantitative estimate of drug-likeness (QED) is 0.879. The van der Waals surface area contributed by atoms with Crippen molar-refractivity contribution < 1.29 is 4.79 Å². The molecule has 0 aliphatic rings. The first kappa shape index (κ1) is 14.6. The maximum Gasteiger partial charge on any atom is 0.224 e. The van der Waals surface area contributed by atoms with Gasteiger partial charge in [0.05, 0.1) is 0 Å². The molecule has 0 fully saturated rings. The highest BCUT2D eigenvalue weighted by molar-refractivity contribution is 6.30. The molecule has 0 aliphatic carbocycles. The van der Waals surface area contributed by atoms with Gasteiger partial charge in [-0.2, -0.15) is 0 Å². The van der Waals surface area contributed by atoms with Crippen LogP contribution in [-0.4, -0.2) is 5.91 Å². The molecule has 0 aromatic heterocycles. The molecule has 20 heavy (non-hydrogen) atoms. The molecule has 0 aliphatic heterocycles. The van der Waals surface area contributed by atoms with Crippen LogP contribution in [0.25, 0.3) is 0 Å². The zero-order valence-electron chi connectivity index (χ0n) is 11.7. The first-order chi connectivity index (χ1) is 9.54. The first-order valence-electron chi connectivity index (χ1n) is 6.66. The Morgan fingerprint density at radius 2 is 1.95 bits per heavy atom. The third-order valence-corrected chi connectivity index (χ3v) is 3.42. The summed E-state index contributed by atoms with van der Waals surface area (Å²) in [5.74, 6) is 0.0249. The van der Waals surface area contributed by atoms with E-state index in [1.165, 1.54) is 5.56 Å². The monoisotopic (exact) mass is 287 g/mol. The van der Waals surface area contributed by atoms with Crippen LogP contribution in [0, 0.1) is 13.8 Å². The van der Waals surface area contributed by atoms with Crippen LogP contribution in [0.2, 0.25) is 5.02 Å². The molecule has 104 valence electrons. The van der Waals surface area contributed by atoms with Crippen LogP contribution in [0.4, 0.5) is 5.69 Å². The van der Waals surface area contributed by atoms with Gasteiger partial charge >= 0.3 is 0 Å². The van der Waals surface area contributed by atoms with Crippen LogP contribution < -0.4 is 5.32 Å². The highest BCUT2D eigenvalue weighted by Crippen LogP contribution is 2.17. The maximum atomic E-state index is 12.0. The minimum absolute atomic E-state index is 0.0249. The van der Waals surface area contributed by atoms with E-state index in [2.05, 4.69) is 11.4 Å². The molecular weight excluding hydrogens is 270 g/mol.